The van der Waals surface area contributed by atoms with Gasteiger partial charge in [-0.05, 0) is 42.0 Å². The van der Waals surface area contributed by atoms with Gasteiger partial charge in [0, 0.05) is 21.0 Å². The number of fused-ring (bicyclic) bond motifs is 1. The minimum absolute atomic E-state index is 0.118. The molecule has 4 aromatic rings. The fourth-order valence-electron chi connectivity index (χ4n) is 3.53. The monoisotopic (exact) mass is 536 g/mol. The molecule has 0 spiro atoms. The van der Waals surface area contributed by atoms with Gasteiger partial charge in [-0.25, -0.2) is 0 Å². The van der Waals surface area contributed by atoms with Crippen LogP contribution in [0.25, 0.3) is 0 Å². The van der Waals surface area contributed by atoms with Crippen molar-refractivity contribution in [3.8, 4) is 11.5 Å². The Bertz CT molecular complexity index is 1330. The summed E-state index contributed by atoms with van der Waals surface area (Å²) in [6.45, 7) is 0.361. The highest BCUT2D eigenvalue weighted by molar-refractivity contribution is 8.00. The number of benzene rings is 4. The molecule has 0 radical (unpaired) electrons. The van der Waals surface area contributed by atoms with Crippen LogP contribution in [0.15, 0.2) is 101 Å². The van der Waals surface area contributed by atoms with Gasteiger partial charge in [-0.2, -0.15) is 0 Å². The number of hydrogen-bond donors (Lipinski definition) is 2. The highest BCUT2D eigenvalue weighted by Crippen LogP contribution is 2.41. The maximum Gasteiger partial charge on any atom is 0.259 e. The summed E-state index contributed by atoms with van der Waals surface area (Å²) in [5.41, 5.74) is 8.57. The zero-order valence-corrected chi connectivity index (χ0v) is 22.0. The van der Waals surface area contributed by atoms with E-state index in [0.29, 0.717) is 34.6 Å². The summed E-state index contributed by atoms with van der Waals surface area (Å²) in [5, 5.41) is 0.346. The third kappa shape index (κ3) is 6.10. The Labute approximate surface area is 225 Å². The minimum Gasteiger partial charge on any atom is -0.493 e. The van der Waals surface area contributed by atoms with Crippen LogP contribution < -0.4 is 20.1 Å². The Morgan fingerprint density at radius 1 is 1.03 bits per heavy atom. The predicted octanol–water partition coefficient (Wildman–Crippen LogP) is 7.20. The first-order valence-electron chi connectivity index (χ1n) is 11.1. The maximum absolute atomic E-state index is 13.1. The van der Waals surface area contributed by atoms with Crippen molar-refractivity contribution >= 4 is 53.3 Å². The molecule has 0 saturated carbocycles. The van der Waals surface area contributed by atoms with Crippen molar-refractivity contribution in [2.24, 2.45) is 0 Å². The van der Waals surface area contributed by atoms with Gasteiger partial charge in [-0.1, -0.05) is 66.2 Å². The molecule has 0 bridgehead atoms. The van der Waals surface area contributed by atoms with E-state index in [4.69, 9.17) is 26.8 Å². The highest BCUT2D eigenvalue weighted by Gasteiger charge is 2.27. The number of nitrogens with two attached hydrogens (primary N) is 1. The number of methoxy groups -OCH3 is 1. The van der Waals surface area contributed by atoms with Crippen molar-refractivity contribution in [2.75, 3.05) is 23.6 Å². The number of nitrogen functional groups attached to an aromatic ring is 1. The summed E-state index contributed by atoms with van der Waals surface area (Å²) in [7, 11) is 1.54. The van der Waals surface area contributed by atoms with E-state index in [1.807, 2.05) is 78.9 Å². The molecule has 1 heterocycles. The lowest BCUT2D eigenvalue weighted by Crippen LogP contribution is -2.27. The number of ether oxygens (including phenoxy) is 2. The van der Waals surface area contributed by atoms with E-state index in [1.54, 1.807) is 28.8 Å². The molecule has 0 saturated heterocycles. The quantitative estimate of drug-likeness (QED) is 0.209. The summed E-state index contributed by atoms with van der Waals surface area (Å²) >= 11 is 12.2. The average molecular weight is 537 g/mol. The van der Waals surface area contributed by atoms with E-state index < -0.39 is 0 Å². The second kappa shape index (κ2) is 12.1. The van der Waals surface area contributed by atoms with Gasteiger partial charge >= 0.3 is 0 Å². The van der Waals surface area contributed by atoms with Gasteiger partial charge in [0.15, 0.2) is 11.5 Å². The van der Waals surface area contributed by atoms with Gasteiger partial charge in [0.25, 0.3) is 5.91 Å². The number of hydrogen-bond acceptors (Lipinski definition) is 6. The van der Waals surface area contributed by atoms with Crippen molar-refractivity contribution in [3.63, 3.8) is 0 Å². The predicted molar refractivity (Wildman–Crippen MR) is 151 cm³/mol. The summed E-state index contributed by atoms with van der Waals surface area (Å²) in [5.74, 6) is 1.32. The van der Waals surface area contributed by atoms with Gasteiger partial charge in [-0.15, -0.1) is 24.4 Å². The third-order valence-corrected chi connectivity index (χ3v) is 7.12. The largest absolute Gasteiger partial charge is 0.493 e. The van der Waals surface area contributed by atoms with Crippen LogP contribution in [-0.4, -0.2) is 18.9 Å². The number of rotatable bonds is 5. The molecule has 2 N–H and O–H groups in total. The fourth-order valence-corrected chi connectivity index (χ4v) is 4.98. The van der Waals surface area contributed by atoms with Crippen LogP contribution in [0.2, 0.25) is 5.02 Å². The highest BCUT2D eigenvalue weighted by atomic mass is 35.5. The number of amides is 1. The number of carbonyl (C=O) groups is 1. The molecule has 5 rings (SSSR count). The SMILES string of the molecule is COc1cc(C(=O)N2CSc3ccccc32)cc(Cl)c1OCc1ccccc1.Nc1ccccc1S. The van der Waals surface area contributed by atoms with Crippen molar-refractivity contribution in [1.82, 2.24) is 0 Å². The second-order valence-corrected chi connectivity index (χ2v) is 9.67. The van der Waals surface area contributed by atoms with Gasteiger partial charge in [0.1, 0.15) is 6.61 Å². The van der Waals surface area contributed by atoms with Crippen molar-refractivity contribution < 1.29 is 14.3 Å². The zero-order chi connectivity index (χ0) is 25.5. The van der Waals surface area contributed by atoms with E-state index >= 15 is 0 Å². The normalized spacial score (nSPS) is 11.8. The standard InChI is InChI=1S/C22H18ClNO3S.C6H7NS/c1-26-19-12-16(22(25)24-14-28-20-10-6-5-9-18(20)24)11-17(23)21(19)27-13-15-7-3-2-4-8-15;7-5-3-1-2-4-6(5)8/h2-12H,13-14H2,1H3;1-4,8H,7H2. The molecular weight excluding hydrogens is 512 g/mol. The first-order chi connectivity index (χ1) is 17.5. The molecule has 1 amide bonds. The summed E-state index contributed by atoms with van der Waals surface area (Å²) in [6, 6.07) is 28.4. The number of halogens is 1. The lowest BCUT2D eigenvalue weighted by atomic mass is 10.1. The molecular formula is C28H25ClN2O3S2. The van der Waals surface area contributed by atoms with Crippen LogP contribution in [0.3, 0.4) is 0 Å². The van der Waals surface area contributed by atoms with E-state index in [1.165, 1.54) is 7.11 Å². The topological polar surface area (TPSA) is 64.8 Å². The van der Waals surface area contributed by atoms with Gasteiger partial charge in [0.2, 0.25) is 0 Å². The van der Waals surface area contributed by atoms with Crippen molar-refractivity contribution in [3.05, 3.63) is 107 Å². The molecule has 0 atom stereocenters. The van der Waals surface area contributed by atoms with Crippen LogP contribution in [0, 0.1) is 0 Å². The van der Waals surface area contributed by atoms with E-state index in [-0.39, 0.29) is 5.91 Å². The minimum atomic E-state index is -0.118. The summed E-state index contributed by atoms with van der Waals surface area (Å²) in [6.07, 6.45) is 0. The van der Waals surface area contributed by atoms with Crippen molar-refractivity contribution in [1.29, 1.82) is 0 Å². The van der Waals surface area contributed by atoms with Gasteiger partial charge < -0.3 is 15.2 Å². The van der Waals surface area contributed by atoms with Crippen LogP contribution in [0.5, 0.6) is 11.5 Å². The number of thioether (sulfide) groups is 1. The lowest BCUT2D eigenvalue weighted by molar-refractivity contribution is 0.0991. The van der Waals surface area contributed by atoms with E-state index in [9.17, 15) is 4.79 Å². The third-order valence-electron chi connectivity index (χ3n) is 5.39. The maximum atomic E-state index is 13.1. The number of thiol groups is 1. The Kier molecular flexibility index (Phi) is 8.70. The Hall–Kier alpha value is -3.26. The van der Waals surface area contributed by atoms with Crippen molar-refractivity contribution in [2.45, 2.75) is 16.4 Å². The van der Waals surface area contributed by atoms with Gasteiger partial charge in [0.05, 0.1) is 23.7 Å². The molecule has 1 aliphatic rings. The fraction of sp³-hybridized carbons (Fsp3) is 0.107. The molecule has 36 heavy (non-hydrogen) atoms. The van der Waals surface area contributed by atoms with Crippen LogP contribution in [0.1, 0.15) is 15.9 Å². The summed E-state index contributed by atoms with van der Waals surface area (Å²) < 4.78 is 11.3. The molecule has 1 aliphatic heterocycles. The van der Waals surface area contributed by atoms with E-state index in [0.717, 1.165) is 26.7 Å². The lowest BCUT2D eigenvalue weighted by Gasteiger charge is -2.18. The van der Waals surface area contributed by atoms with E-state index in [2.05, 4.69) is 12.6 Å². The van der Waals surface area contributed by atoms with Gasteiger partial charge in [-0.3, -0.25) is 9.69 Å². The Morgan fingerprint density at radius 3 is 2.42 bits per heavy atom. The number of nitrogens with zero attached hydrogens (tertiary/aromatic N) is 1. The molecule has 4 aromatic carbocycles. The van der Waals surface area contributed by atoms with Crippen LogP contribution in [0.4, 0.5) is 11.4 Å². The molecule has 0 unspecified atom stereocenters. The Balaban J connectivity index is 0.000000325. The average Bonchev–Trinajstić information content (AvgIpc) is 3.34. The Morgan fingerprint density at radius 2 is 1.72 bits per heavy atom. The summed E-state index contributed by atoms with van der Waals surface area (Å²) in [4.78, 5) is 16.8. The molecule has 184 valence electrons. The number of carbonyl (C=O) groups excluding carboxylic acids is 1. The van der Waals surface area contributed by atoms with Crippen LogP contribution in [-0.2, 0) is 6.61 Å². The first-order valence-corrected chi connectivity index (χ1v) is 12.9. The second-order valence-electron chi connectivity index (χ2n) is 7.80. The van der Waals surface area contributed by atoms with Crippen LogP contribution >= 0.6 is 36.0 Å². The molecule has 8 heteroatoms. The smallest absolute Gasteiger partial charge is 0.259 e. The number of para-hydroxylation sites is 2. The number of anilines is 2. The molecule has 0 fully saturated rings. The zero-order valence-electron chi connectivity index (χ0n) is 19.6. The first kappa shape index (κ1) is 25.8. The molecule has 0 aromatic heterocycles. The molecule has 5 nitrogen and oxygen atoms in total. The molecule has 0 aliphatic carbocycles.